The van der Waals surface area contributed by atoms with Crippen LogP contribution < -0.4 is 10.1 Å². The van der Waals surface area contributed by atoms with Crippen LogP contribution in [0.1, 0.15) is 0 Å². The summed E-state index contributed by atoms with van der Waals surface area (Å²) in [6, 6.07) is 6.01. The quantitative estimate of drug-likeness (QED) is 0.769. The lowest BCUT2D eigenvalue weighted by Crippen LogP contribution is -2.21. The van der Waals surface area contributed by atoms with Gasteiger partial charge in [0.05, 0.1) is 0 Å². The lowest BCUT2D eigenvalue weighted by atomic mass is 10.3. The monoisotopic (exact) mass is 287 g/mol. The molecule has 0 aliphatic heterocycles. The van der Waals surface area contributed by atoms with Gasteiger partial charge < -0.3 is 15.2 Å². The Bertz CT molecular complexity index is 581. The highest BCUT2D eigenvalue weighted by molar-refractivity contribution is 7.91. The number of nitrogens with one attached hydrogen (secondary N) is 1. The molecule has 0 aliphatic rings. The SMILES string of the molecule is CS(=O)(=O)CC(=O)Nc1cccc(OCC(=O)O)c1. The average molecular weight is 287 g/mol. The molecule has 1 amide bonds. The summed E-state index contributed by atoms with van der Waals surface area (Å²) in [6.45, 7) is -0.499. The molecule has 19 heavy (non-hydrogen) atoms. The topological polar surface area (TPSA) is 110 Å². The van der Waals surface area contributed by atoms with E-state index in [-0.39, 0.29) is 5.75 Å². The number of ether oxygens (including phenoxy) is 1. The van der Waals surface area contributed by atoms with Gasteiger partial charge in [0.15, 0.2) is 16.4 Å². The highest BCUT2D eigenvalue weighted by Gasteiger charge is 2.11. The number of hydrogen-bond acceptors (Lipinski definition) is 5. The van der Waals surface area contributed by atoms with Crippen LogP contribution in [-0.4, -0.2) is 44.0 Å². The van der Waals surface area contributed by atoms with Gasteiger partial charge in [0, 0.05) is 18.0 Å². The Kier molecular flexibility index (Phi) is 4.87. The molecule has 0 heterocycles. The van der Waals surface area contributed by atoms with Crippen LogP contribution in [0.3, 0.4) is 0 Å². The van der Waals surface area contributed by atoms with E-state index in [9.17, 15) is 18.0 Å². The Labute approximate surface area is 110 Å². The molecule has 0 saturated heterocycles. The van der Waals surface area contributed by atoms with Gasteiger partial charge in [-0.3, -0.25) is 4.79 Å². The molecular weight excluding hydrogens is 274 g/mol. The number of sulfone groups is 1. The molecular formula is C11H13NO6S. The average Bonchev–Trinajstić information content (AvgIpc) is 2.24. The van der Waals surface area contributed by atoms with Crippen molar-refractivity contribution < 1.29 is 27.9 Å². The van der Waals surface area contributed by atoms with E-state index < -0.39 is 34.1 Å². The van der Waals surface area contributed by atoms with E-state index in [0.29, 0.717) is 5.69 Å². The molecule has 0 spiro atoms. The number of carboxylic acids is 1. The summed E-state index contributed by atoms with van der Waals surface area (Å²) in [5.74, 6) is -2.14. The first-order chi connectivity index (χ1) is 8.76. The van der Waals surface area contributed by atoms with E-state index in [1.54, 1.807) is 6.07 Å². The van der Waals surface area contributed by atoms with Gasteiger partial charge in [-0.1, -0.05) is 6.07 Å². The van der Waals surface area contributed by atoms with Crippen LogP contribution in [-0.2, 0) is 19.4 Å². The third-order valence-corrected chi connectivity index (χ3v) is 2.66. The van der Waals surface area contributed by atoms with E-state index in [0.717, 1.165) is 6.26 Å². The van der Waals surface area contributed by atoms with E-state index in [1.165, 1.54) is 18.2 Å². The summed E-state index contributed by atoms with van der Waals surface area (Å²) in [7, 11) is -3.40. The van der Waals surface area contributed by atoms with Crippen molar-refractivity contribution in [1.29, 1.82) is 0 Å². The molecule has 0 aromatic heterocycles. The van der Waals surface area contributed by atoms with Crippen LogP contribution in [0.4, 0.5) is 5.69 Å². The van der Waals surface area contributed by atoms with Gasteiger partial charge in [-0.25, -0.2) is 13.2 Å². The van der Waals surface area contributed by atoms with E-state index in [2.05, 4.69) is 5.32 Å². The van der Waals surface area contributed by atoms with Crippen molar-refractivity contribution in [2.75, 3.05) is 23.9 Å². The highest BCUT2D eigenvalue weighted by Crippen LogP contribution is 2.17. The highest BCUT2D eigenvalue weighted by atomic mass is 32.2. The molecule has 0 fully saturated rings. The minimum atomic E-state index is -3.40. The molecule has 1 aromatic carbocycles. The fourth-order valence-corrected chi connectivity index (χ4v) is 1.79. The van der Waals surface area contributed by atoms with E-state index in [4.69, 9.17) is 9.84 Å². The summed E-state index contributed by atoms with van der Waals surface area (Å²) < 4.78 is 26.8. The van der Waals surface area contributed by atoms with Gasteiger partial charge >= 0.3 is 5.97 Å². The fraction of sp³-hybridized carbons (Fsp3) is 0.273. The molecule has 0 aliphatic carbocycles. The van der Waals surface area contributed by atoms with Crippen LogP contribution in [0.5, 0.6) is 5.75 Å². The number of amides is 1. The molecule has 0 radical (unpaired) electrons. The van der Waals surface area contributed by atoms with Gasteiger partial charge in [-0.15, -0.1) is 0 Å². The standard InChI is InChI=1S/C11H13NO6S/c1-19(16,17)7-10(13)12-8-3-2-4-9(5-8)18-6-11(14)15/h2-5H,6-7H2,1H3,(H,12,13)(H,14,15). The second kappa shape index (κ2) is 6.19. The molecule has 8 heteroatoms. The van der Waals surface area contributed by atoms with Crippen LogP contribution in [0.15, 0.2) is 24.3 Å². The maximum atomic E-state index is 11.4. The zero-order valence-electron chi connectivity index (χ0n) is 10.1. The number of carboxylic acid groups (broad SMARTS) is 1. The summed E-state index contributed by atoms with van der Waals surface area (Å²) >= 11 is 0. The molecule has 0 saturated carbocycles. The van der Waals surface area contributed by atoms with Crippen LogP contribution >= 0.6 is 0 Å². The Morgan fingerprint density at radius 1 is 1.37 bits per heavy atom. The van der Waals surface area contributed by atoms with Gasteiger partial charge in [0.25, 0.3) is 0 Å². The number of carbonyl (C=O) groups is 2. The van der Waals surface area contributed by atoms with Crippen molar-refractivity contribution in [1.82, 2.24) is 0 Å². The first kappa shape index (κ1) is 15.0. The minimum Gasteiger partial charge on any atom is -0.482 e. The molecule has 2 N–H and O–H groups in total. The zero-order valence-corrected chi connectivity index (χ0v) is 10.9. The Morgan fingerprint density at radius 3 is 2.63 bits per heavy atom. The predicted octanol–water partition coefficient (Wildman–Crippen LogP) is 0.133. The molecule has 104 valence electrons. The number of rotatable bonds is 6. The maximum Gasteiger partial charge on any atom is 0.341 e. The lowest BCUT2D eigenvalue weighted by Gasteiger charge is -2.07. The van der Waals surface area contributed by atoms with Crippen LogP contribution in [0, 0.1) is 0 Å². The van der Waals surface area contributed by atoms with Crippen molar-refractivity contribution in [2.45, 2.75) is 0 Å². The number of anilines is 1. The number of aliphatic carboxylic acids is 1. The molecule has 7 nitrogen and oxygen atoms in total. The van der Waals surface area contributed by atoms with Crippen LogP contribution in [0.25, 0.3) is 0 Å². The second-order valence-electron chi connectivity index (χ2n) is 3.83. The largest absolute Gasteiger partial charge is 0.482 e. The maximum absolute atomic E-state index is 11.4. The smallest absolute Gasteiger partial charge is 0.341 e. The summed E-state index contributed by atoms with van der Waals surface area (Å²) in [6.07, 6.45) is 0.957. The van der Waals surface area contributed by atoms with E-state index >= 15 is 0 Å². The number of hydrogen-bond donors (Lipinski definition) is 2. The van der Waals surface area contributed by atoms with Gasteiger partial charge in [0.1, 0.15) is 11.5 Å². The third kappa shape index (κ3) is 6.41. The van der Waals surface area contributed by atoms with Crippen molar-refractivity contribution in [3.8, 4) is 5.75 Å². The summed E-state index contributed by atoms with van der Waals surface area (Å²) in [5, 5.41) is 10.8. The minimum absolute atomic E-state index is 0.263. The van der Waals surface area contributed by atoms with Gasteiger partial charge in [-0.05, 0) is 12.1 Å². The Morgan fingerprint density at radius 2 is 2.05 bits per heavy atom. The van der Waals surface area contributed by atoms with Crippen LogP contribution in [0.2, 0.25) is 0 Å². The predicted molar refractivity (Wildman–Crippen MR) is 67.9 cm³/mol. The second-order valence-corrected chi connectivity index (χ2v) is 5.97. The fourth-order valence-electron chi connectivity index (χ4n) is 1.24. The van der Waals surface area contributed by atoms with Gasteiger partial charge in [0.2, 0.25) is 5.91 Å². The van der Waals surface area contributed by atoms with Gasteiger partial charge in [-0.2, -0.15) is 0 Å². The first-order valence-corrected chi connectivity index (χ1v) is 7.24. The third-order valence-electron chi connectivity index (χ3n) is 1.87. The molecule has 0 bridgehead atoms. The zero-order chi connectivity index (χ0) is 14.5. The van der Waals surface area contributed by atoms with Crippen molar-refractivity contribution in [2.24, 2.45) is 0 Å². The van der Waals surface area contributed by atoms with Crippen molar-refractivity contribution in [3.05, 3.63) is 24.3 Å². The molecule has 1 aromatic rings. The molecule has 0 unspecified atom stereocenters. The van der Waals surface area contributed by atoms with Crippen molar-refractivity contribution >= 4 is 27.4 Å². The van der Waals surface area contributed by atoms with Crippen molar-refractivity contribution in [3.63, 3.8) is 0 Å². The number of benzene rings is 1. The Hall–Kier alpha value is -2.09. The molecule has 0 atom stereocenters. The first-order valence-electron chi connectivity index (χ1n) is 5.18. The number of carbonyl (C=O) groups excluding carboxylic acids is 1. The van der Waals surface area contributed by atoms with E-state index in [1.807, 2.05) is 0 Å². The summed E-state index contributed by atoms with van der Waals surface area (Å²) in [4.78, 5) is 21.7. The molecule has 1 rings (SSSR count). The Balaban J connectivity index is 2.66. The summed E-state index contributed by atoms with van der Waals surface area (Å²) in [5.41, 5.74) is 0.330. The normalized spacial score (nSPS) is 10.8. The lowest BCUT2D eigenvalue weighted by molar-refractivity contribution is -0.139.